The zero-order valence-electron chi connectivity index (χ0n) is 16.9. The standard InChI is InChI=1S/C26H22N2O3/c29-25-22-13-5-7-17(23(22)15-28-25)8-6-14-27-26(30)31-16-24-20-11-3-1-9-18(20)19-10-2-4-12-21(19)24/h1-13,24H,14-16H2,(H,27,30)(H,28,29). The van der Waals surface area contributed by atoms with Crippen molar-refractivity contribution in [3.05, 3.63) is 101 Å². The molecule has 31 heavy (non-hydrogen) atoms. The molecule has 0 spiro atoms. The SMILES string of the molecule is O=C(NCC=Cc1cccc2c1CNC2=O)OCC1c2ccccc2-c2ccccc21. The third-order valence-corrected chi connectivity index (χ3v) is 5.89. The van der Waals surface area contributed by atoms with Crippen LogP contribution in [0.5, 0.6) is 0 Å². The summed E-state index contributed by atoms with van der Waals surface area (Å²) in [7, 11) is 0. The summed E-state index contributed by atoms with van der Waals surface area (Å²) in [6.45, 7) is 1.18. The zero-order valence-corrected chi connectivity index (χ0v) is 16.9. The summed E-state index contributed by atoms with van der Waals surface area (Å²) in [5.74, 6) is 0.00708. The second-order valence-corrected chi connectivity index (χ2v) is 7.66. The summed E-state index contributed by atoms with van der Waals surface area (Å²) in [6.07, 6.45) is 3.34. The smallest absolute Gasteiger partial charge is 0.407 e. The first-order chi connectivity index (χ1) is 15.2. The Morgan fingerprint density at radius 3 is 2.39 bits per heavy atom. The van der Waals surface area contributed by atoms with E-state index < -0.39 is 6.09 Å². The molecule has 0 unspecified atom stereocenters. The van der Waals surface area contributed by atoms with E-state index in [0.29, 0.717) is 25.3 Å². The van der Waals surface area contributed by atoms with Crippen LogP contribution in [0.1, 0.15) is 38.5 Å². The normalized spacial score (nSPS) is 14.1. The molecule has 0 aromatic heterocycles. The topological polar surface area (TPSA) is 67.4 Å². The van der Waals surface area contributed by atoms with Crippen LogP contribution in [0.2, 0.25) is 0 Å². The van der Waals surface area contributed by atoms with Gasteiger partial charge in [-0.05, 0) is 39.4 Å². The Kier molecular flexibility index (Phi) is 5.00. The molecule has 1 heterocycles. The number of carbonyl (C=O) groups is 2. The Balaban J connectivity index is 1.18. The average molecular weight is 410 g/mol. The van der Waals surface area contributed by atoms with Gasteiger partial charge >= 0.3 is 6.09 Å². The van der Waals surface area contributed by atoms with Crippen LogP contribution in [0.4, 0.5) is 4.79 Å². The van der Waals surface area contributed by atoms with Gasteiger partial charge in [0.05, 0.1) is 0 Å². The molecule has 0 radical (unpaired) electrons. The quantitative estimate of drug-likeness (QED) is 0.652. The Hall–Kier alpha value is -3.86. The lowest BCUT2D eigenvalue weighted by atomic mass is 9.98. The third kappa shape index (κ3) is 3.59. The van der Waals surface area contributed by atoms with Crippen molar-refractivity contribution in [3.63, 3.8) is 0 Å². The number of ether oxygens (including phenoxy) is 1. The molecule has 5 rings (SSSR count). The van der Waals surface area contributed by atoms with Crippen molar-refractivity contribution in [2.24, 2.45) is 0 Å². The van der Waals surface area contributed by atoms with E-state index in [1.54, 1.807) is 0 Å². The minimum absolute atomic E-state index is 0.0398. The maximum absolute atomic E-state index is 12.2. The maximum Gasteiger partial charge on any atom is 0.407 e. The van der Waals surface area contributed by atoms with Crippen molar-refractivity contribution in [2.75, 3.05) is 13.2 Å². The number of benzene rings is 3. The lowest BCUT2D eigenvalue weighted by molar-refractivity contribution is 0.0965. The number of hydrogen-bond donors (Lipinski definition) is 2. The van der Waals surface area contributed by atoms with Crippen LogP contribution in [0, 0.1) is 0 Å². The molecule has 5 nitrogen and oxygen atoms in total. The molecule has 3 aromatic rings. The predicted octanol–water partition coefficient (Wildman–Crippen LogP) is 4.48. The highest BCUT2D eigenvalue weighted by atomic mass is 16.5. The molecule has 0 atom stereocenters. The van der Waals surface area contributed by atoms with Gasteiger partial charge in [-0.1, -0.05) is 72.8 Å². The van der Waals surface area contributed by atoms with Crippen molar-refractivity contribution < 1.29 is 14.3 Å². The molecule has 1 aliphatic heterocycles. The minimum Gasteiger partial charge on any atom is -0.449 e. The first-order valence-electron chi connectivity index (χ1n) is 10.4. The first kappa shape index (κ1) is 19.1. The van der Waals surface area contributed by atoms with E-state index in [9.17, 15) is 9.59 Å². The van der Waals surface area contributed by atoms with Gasteiger partial charge < -0.3 is 15.4 Å². The predicted molar refractivity (Wildman–Crippen MR) is 120 cm³/mol. The molecule has 5 heteroatoms. The summed E-state index contributed by atoms with van der Waals surface area (Å²) in [6, 6.07) is 22.2. The molecule has 3 aromatic carbocycles. The highest BCUT2D eigenvalue weighted by Gasteiger charge is 2.28. The van der Waals surface area contributed by atoms with Crippen molar-refractivity contribution in [3.8, 4) is 11.1 Å². The first-order valence-corrected chi connectivity index (χ1v) is 10.4. The summed E-state index contributed by atoms with van der Waals surface area (Å²) in [4.78, 5) is 24.0. The molecular weight excluding hydrogens is 388 g/mol. The van der Waals surface area contributed by atoms with Gasteiger partial charge in [-0.15, -0.1) is 0 Å². The average Bonchev–Trinajstić information content (AvgIpc) is 3.34. The molecule has 154 valence electrons. The van der Waals surface area contributed by atoms with Crippen molar-refractivity contribution in [2.45, 2.75) is 12.5 Å². The van der Waals surface area contributed by atoms with Crippen molar-refractivity contribution >= 4 is 18.1 Å². The van der Waals surface area contributed by atoms with Gasteiger partial charge in [0.15, 0.2) is 0 Å². The monoisotopic (exact) mass is 410 g/mol. The fraction of sp³-hybridized carbons (Fsp3) is 0.154. The maximum atomic E-state index is 12.2. The van der Waals surface area contributed by atoms with Crippen LogP contribution in [-0.4, -0.2) is 25.2 Å². The second-order valence-electron chi connectivity index (χ2n) is 7.66. The summed E-state index contributed by atoms with van der Waals surface area (Å²) < 4.78 is 5.54. The Morgan fingerprint density at radius 2 is 1.65 bits per heavy atom. The summed E-state index contributed by atoms with van der Waals surface area (Å²) in [5.41, 5.74) is 7.48. The van der Waals surface area contributed by atoms with Gasteiger partial charge in [0.1, 0.15) is 6.61 Å². The van der Waals surface area contributed by atoms with Crippen LogP contribution >= 0.6 is 0 Å². The van der Waals surface area contributed by atoms with Crippen LogP contribution in [0.15, 0.2) is 72.8 Å². The number of nitrogens with one attached hydrogen (secondary N) is 2. The number of alkyl carbamates (subject to hydrolysis) is 1. The molecule has 0 saturated carbocycles. The van der Waals surface area contributed by atoms with Crippen LogP contribution in [0.25, 0.3) is 17.2 Å². The van der Waals surface area contributed by atoms with Gasteiger partial charge in [0.2, 0.25) is 0 Å². The molecule has 0 fully saturated rings. The van der Waals surface area contributed by atoms with E-state index in [-0.39, 0.29) is 11.8 Å². The highest BCUT2D eigenvalue weighted by Crippen LogP contribution is 2.44. The molecule has 2 aliphatic rings. The fourth-order valence-corrected chi connectivity index (χ4v) is 4.41. The molecule has 2 N–H and O–H groups in total. The lowest BCUT2D eigenvalue weighted by Crippen LogP contribution is -2.26. The number of amides is 2. The van der Waals surface area contributed by atoms with Gasteiger partial charge in [0, 0.05) is 24.6 Å². The van der Waals surface area contributed by atoms with Gasteiger partial charge in [-0.3, -0.25) is 4.79 Å². The summed E-state index contributed by atoms with van der Waals surface area (Å²) in [5, 5.41) is 5.60. The lowest BCUT2D eigenvalue weighted by Gasteiger charge is -2.14. The summed E-state index contributed by atoms with van der Waals surface area (Å²) >= 11 is 0. The van der Waals surface area contributed by atoms with Crippen LogP contribution in [-0.2, 0) is 11.3 Å². The van der Waals surface area contributed by atoms with Crippen molar-refractivity contribution in [1.29, 1.82) is 0 Å². The van der Waals surface area contributed by atoms with Crippen LogP contribution in [0.3, 0.4) is 0 Å². The van der Waals surface area contributed by atoms with Crippen molar-refractivity contribution in [1.82, 2.24) is 10.6 Å². The number of carbonyl (C=O) groups excluding carboxylic acids is 2. The Morgan fingerprint density at radius 1 is 0.968 bits per heavy atom. The third-order valence-electron chi connectivity index (χ3n) is 5.89. The Bertz CT molecular complexity index is 1150. The minimum atomic E-state index is -0.443. The van der Waals surface area contributed by atoms with Crippen LogP contribution < -0.4 is 10.6 Å². The zero-order chi connectivity index (χ0) is 21.2. The number of fused-ring (bicyclic) bond motifs is 4. The van der Waals surface area contributed by atoms with E-state index in [0.717, 1.165) is 11.1 Å². The van der Waals surface area contributed by atoms with E-state index in [2.05, 4.69) is 34.9 Å². The van der Waals surface area contributed by atoms with E-state index in [1.807, 2.05) is 54.6 Å². The van der Waals surface area contributed by atoms with E-state index >= 15 is 0 Å². The van der Waals surface area contributed by atoms with Gasteiger partial charge in [-0.2, -0.15) is 0 Å². The fourth-order valence-electron chi connectivity index (χ4n) is 4.41. The van der Waals surface area contributed by atoms with Gasteiger partial charge in [0.25, 0.3) is 5.91 Å². The van der Waals surface area contributed by atoms with Gasteiger partial charge in [-0.25, -0.2) is 4.79 Å². The largest absolute Gasteiger partial charge is 0.449 e. The number of hydrogen-bond acceptors (Lipinski definition) is 3. The highest BCUT2D eigenvalue weighted by molar-refractivity contribution is 5.99. The molecule has 0 bridgehead atoms. The second kappa shape index (κ2) is 8.11. The van der Waals surface area contributed by atoms with E-state index in [4.69, 9.17) is 4.74 Å². The molecule has 1 aliphatic carbocycles. The molecule has 0 saturated heterocycles. The molecule has 2 amide bonds. The van der Waals surface area contributed by atoms with E-state index in [1.165, 1.54) is 22.3 Å². The molecular formula is C26H22N2O3. The Labute approximate surface area is 180 Å². The number of rotatable bonds is 5.